The van der Waals surface area contributed by atoms with Gasteiger partial charge in [-0.05, 0) is 51.8 Å². The molecule has 180 valence electrons. The van der Waals surface area contributed by atoms with Crippen LogP contribution in [0.25, 0.3) is 0 Å². The van der Waals surface area contributed by atoms with Crippen LogP contribution in [-0.2, 0) is 26.2 Å². The molecule has 0 saturated heterocycles. The van der Waals surface area contributed by atoms with Gasteiger partial charge in [-0.1, -0.05) is 55.0 Å². The van der Waals surface area contributed by atoms with E-state index in [0.717, 1.165) is 21.7 Å². The van der Waals surface area contributed by atoms with Crippen molar-refractivity contribution in [1.29, 1.82) is 0 Å². The van der Waals surface area contributed by atoms with Gasteiger partial charge in [-0.3, -0.25) is 13.9 Å². The molecule has 0 aliphatic rings. The Morgan fingerprint density at radius 3 is 2.18 bits per heavy atom. The highest BCUT2D eigenvalue weighted by molar-refractivity contribution is 7.92. The van der Waals surface area contributed by atoms with Gasteiger partial charge in [0.25, 0.3) is 0 Å². The minimum absolute atomic E-state index is 0.197. The van der Waals surface area contributed by atoms with Gasteiger partial charge in [0.05, 0.1) is 11.9 Å². The molecule has 0 radical (unpaired) electrons. The number of hydrogen-bond donors (Lipinski definition) is 1. The Morgan fingerprint density at radius 2 is 1.67 bits per heavy atom. The number of para-hydroxylation sites is 1. The first-order chi connectivity index (χ1) is 15.3. The molecule has 0 aliphatic heterocycles. The Kier molecular flexibility index (Phi) is 8.66. The van der Waals surface area contributed by atoms with E-state index in [-0.39, 0.29) is 12.5 Å². The summed E-state index contributed by atoms with van der Waals surface area (Å²) < 4.78 is 26.1. The van der Waals surface area contributed by atoms with Crippen LogP contribution in [0.15, 0.2) is 54.6 Å². The highest BCUT2D eigenvalue weighted by atomic mass is 32.2. The molecule has 0 fully saturated rings. The van der Waals surface area contributed by atoms with Crippen LogP contribution in [0.3, 0.4) is 0 Å². The summed E-state index contributed by atoms with van der Waals surface area (Å²) in [5.41, 5.74) is 1.84. The molecule has 0 bridgehead atoms. The number of nitrogens with one attached hydrogen (secondary N) is 1. The fraction of sp³-hybridized carbons (Fsp3) is 0.440. The molecule has 0 heterocycles. The Balaban J connectivity index is 2.43. The van der Waals surface area contributed by atoms with Gasteiger partial charge in [-0.25, -0.2) is 8.42 Å². The van der Waals surface area contributed by atoms with Crippen LogP contribution < -0.4 is 9.62 Å². The van der Waals surface area contributed by atoms with Crippen molar-refractivity contribution in [1.82, 2.24) is 10.2 Å². The van der Waals surface area contributed by atoms with Crippen LogP contribution in [0, 0.1) is 6.92 Å². The van der Waals surface area contributed by atoms with Gasteiger partial charge >= 0.3 is 0 Å². The predicted octanol–water partition coefficient (Wildman–Crippen LogP) is 3.48. The summed E-state index contributed by atoms with van der Waals surface area (Å²) >= 11 is 0. The molecule has 2 rings (SSSR count). The number of sulfonamides is 1. The second kappa shape index (κ2) is 10.8. The third kappa shape index (κ3) is 7.89. The maximum atomic E-state index is 13.6. The summed E-state index contributed by atoms with van der Waals surface area (Å²) in [4.78, 5) is 28.2. The molecule has 33 heavy (non-hydrogen) atoms. The lowest BCUT2D eigenvalue weighted by Crippen LogP contribution is -2.55. The van der Waals surface area contributed by atoms with Crippen LogP contribution >= 0.6 is 0 Å². The number of carbonyl (C=O) groups is 2. The third-order valence-corrected chi connectivity index (χ3v) is 6.18. The average molecular weight is 474 g/mol. The lowest BCUT2D eigenvalue weighted by atomic mass is 10.0. The van der Waals surface area contributed by atoms with Gasteiger partial charge in [0.15, 0.2) is 0 Å². The van der Waals surface area contributed by atoms with Crippen LogP contribution in [0.2, 0.25) is 0 Å². The van der Waals surface area contributed by atoms with E-state index in [1.54, 1.807) is 30.3 Å². The predicted molar refractivity (Wildman–Crippen MR) is 132 cm³/mol. The summed E-state index contributed by atoms with van der Waals surface area (Å²) in [5.74, 6) is -0.710. The molecule has 1 atom stereocenters. The van der Waals surface area contributed by atoms with Crippen molar-refractivity contribution in [2.45, 2.75) is 59.2 Å². The van der Waals surface area contributed by atoms with Crippen LogP contribution in [-0.4, -0.2) is 49.5 Å². The van der Waals surface area contributed by atoms with Crippen molar-refractivity contribution in [3.05, 3.63) is 65.7 Å². The van der Waals surface area contributed by atoms with Crippen molar-refractivity contribution in [2.24, 2.45) is 0 Å². The first kappa shape index (κ1) is 26.4. The van der Waals surface area contributed by atoms with Crippen molar-refractivity contribution in [3.8, 4) is 0 Å². The fourth-order valence-electron chi connectivity index (χ4n) is 3.59. The van der Waals surface area contributed by atoms with E-state index in [4.69, 9.17) is 0 Å². The van der Waals surface area contributed by atoms with Gasteiger partial charge in [0.2, 0.25) is 21.8 Å². The van der Waals surface area contributed by atoms with Crippen LogP contribution in [0.1, 0.15) is 45.2 Å². The third-order valence-electron chi connectivity index (χ3n) is 5.04. The SMILES string of the molecule is CCC(C(=O)NC(C)(C)C)N(Cc1cccc(C)c1)C(=O)CN(c1ccccc1)S(C)(=O)=O. The largest absolute Gasteiger partial charge is 0.350 e. The fourth-order valence-corrected chi connectivity index (χ4v) is 4.44. The van der Waals surface area contributed by atoms with E-state index in [9.17, 15) is 18.0 Å². The summed E-state index contributed by atoms with van der Waals surface area (Å²) in [7, 11) is -3.72. The standard InChI is InChI=1S/C25H35N3O4S/c1-7-22(24(30)26-25(3,4)5)27(17-20-13-11-12-19(2)16-20)23(29)18-28(33(6,31)32)21-14-9-8-10-15-21/h8-16,22H,7,17-18H2,1-6H3,(H,26,30). The van der Waals surface area contributed by atoms with E-state index in [2.05, 4.69) is 5.32 Å². The Bertz CT molecular complexity index is 1060. The van der Waals surface area contributed by atoms with Crippen LogP contribution in [0.4, 0.5) is 5.69 Å². The zero-order valence-corrected chi connectivity index (χ0v) is 21.1. The molecule has 2 aromatic rings. The summed E-state index contributed by atoms with van der Waals surface area (Å²) in [5, 5.41) is 2.95. The zero-order chi connectivity index (χ0) is 24.8. The van der Waals surface area contributed by atoms with Gasteiger partial charge < -0.3 is 10.2 Å². The number of aryl methyl sites for hydroxylation is 1. The Morgan fingerprint density at radius 1 is 1.03 bits per heavy atom. The van der Waals surface area contributed by atoms with Crippen molar-refractivity contribution < 1.29 is 18.0 Å². The maximum Gasteiger partial charge on any atom is 0.244 e. The quantitative estimate of drug-likeness (QED) is 0.604. The molecule has 7 nitrogen and oxygen atoms in total. The molecule has 1 unspecified atom stereocenters. The monoisotopic (exact) mass is 473 g/mol. The van der Waals surface area contributed by atoms with E-state index in [1.807, 2.05) is 58.9 Å². The summed E-state index contributed by atoms with van der Waals surface area (Å²) in [6.45, 7) is 9.24. The van der Waals surface area contributed by atoms with Crippen molar-refractivity contribution >= 4 is 27.5 Å². The molecule has 2 amide bonds. The van der Waals surface area contributed by atoms with Gasteiger partial charge in [0, 0.05) is 12.1 Å². The number of carbonyl (C=O) groups excluding carboxylic acids is 2. The van der Waals surface area contributed by atoms with E-state index in [1.165, 1.54) is 4.90 Å². The van der Waals surface area contributed by atoms with E-state index >= 15 is 0 Å². The van der Waals surface area contributed by atoms with Gasteiger partial charge in [0.1, 0.15) is 12.6 Å². The van der Waals surface area contributed by atoms with E-state index in [0.29, 0.717) is 12.1 Å². The normalized spacial score (nSPS) is 12.7. The first-order valence-electron chi connectivity index (χ1n) is 11.0. The van der Waals surface area contributed by atoms with Crippen LogP contribution in [0.5, 0.6) is 0 Å². The second-order valence-electron chi connectivity index (χ2n) is 9.28. The maximum absolute atomic E-state index is 13.6. The van der Waals surface area contributed by atoms with Crippen molar-refractivity contribution in [2.75, 3.05) is 17.1 Å². The summed E-state index contributed by atoms with van der Waals surface area (Å²) in [6, 6.07) is 15.5. The Hall–Kier alpha value is -2.87. The zero-order valence-electron chi connectivity index (χ0n) is 20.3. The highest BCUT2D eigenvalue weighted by Gasteiger charge is 2.33. The van der Waals surface area contributed by atoms with Gasteiger partial charge in [-0.2, -0.15) is 0 Å². The second-order valence-corrected chi connectivity index (χ2v) is 11.2. The smallest absolute Gasteiger partial charge is 0.244 e. The lowest BCUT2D eigenvalue weighted by molar-refractivity contribution is -0.141. The van der Waals surface area contributed by atoms with Crippen molar-refractivity contribution in [3.63, 3.8) is 0 Å². The Labute approximate surface area is 197 Å². The molecule has 0 spiro atoms. The lowest BCUT2D eigenvalue weighted by Gasteiger charge is -2.34. The molecule has 0 aromatic heterocycles. The highest BCUT2D eigenvalue weighted by Crippen LogP contribution is 2.20. The molecular weight excluding hydrogens is 438 g/mol. The molecule has 1 N–H and O–H groups in total. The molecule has 0 saturated carbocycles. The molecular formula is C25H35N3O4S. The molecule has 2 aromatic carbocycles. The number of anilines is 1. The van der Waals surface area contributed by atoms with E-state index < -0.39 is 34.1 Å². The average Bonchev–Trinajstić information content (AvgIpc) is 2.70. The summed E-state index contributed by atoms with van der Waals surface area (Å²) in [6.07, 6.45) is 1.46. The minimum atomic E-state index is -3.72. The molecule has 8 heteroatoms. The molecule has 0 aliphatic carbocycles. The minimum Gasteiger partial charge on any atom is -0.350 e. The first-order valence-corrected chi connectivity index (χ1v) is 12.9. The number of hydrogen-bond acceptors (Lipinski definition) is 4. The number of rotatable bonds is 9. The number of benzene rings is 2. The van der Waals surface area contributed by atoms with Gasteiger partial charge in [-0.15, -0.1) is 0 Å². The number of nitrogens with zero attached hydrogens (tertiary/aromatic N) is 2. The number of amides is 2. The topological polar surface area (TPSA) is 86.8 Å².